The quantitative estimate of drug-likeness (QED) is 0.559. The lowest BCUT2D eigenvalue weighted by Gasteiger charge is -2.07. The van der Waals surface area contributed by atoms with Gasteiger partial charge < -0.3 is 8.98 Å². The largest absolute Gasteiger partial charge is 0.453 e. The number of hydrogen-bond acceptors (Lipinski definition) is 2. The second-order valence-electron chi connectivity index (χ2n) is 4.43. The van der Waals surface area contributed by atoms with E-state index in [1.54, 1.807) is 0 Å². The Morgan fingerprint density at radius 2 is 1.67 bits per heavy atom. The Hall–Kier alpha value is -2.21. The zero-order valence-electron chi connectivity index (χ0n) is 13.8. The summed E-state index contributed by atoms with van der Waals surface area (Å²) in [6, 6.07) is 10.4. The van der Waals surface area contributed by atoms with Gasteiger partial charge in [-0.15, -0.1) is 0 Å². The van der Waals surface area contributed by atoms with Gasteiger partial charge in [0.25, 0.3) is 0 Å². The fourth-order valence-electron chi connectivity index (χ4n) is 2.21. The molecule has 112 valence electrons. The summed E-state index contributed by atoms with van der Waals surface area (Å²) in [7, 11) is 0. The van der Waals surface area contributed by atoms with Gasteiger partial charge in [0.15, 0.2) is 11.3 Å². The summed E-state index contributed by atoms with van der Waals surface area (Å²) < 4.78 is 7.72. The zero-order valence-corrected chi connectivity index (χ0v) is 13.8. The normalized spacial score (nSPS) is 9.81. The van der Waals surface area contributed by atoms with Crippen LogP contribution in [0.3, 0.4) is 0 Å². The van der Waals surface area contributed by atoms with Crippen LogP contribution in [0.1, 0.15) is 53.3 Å². The fraction of sp³-hybridized carbons (Fsp3) is 0.389. The van der Waals surface area contributed by atoms with Gasteiger partial charge in [0.2, 0.25) is 0 Å². The van der Waals surface area contributed by atoms with Crippen LogP contribution in [-0.2, 0) is 0 Å². The molecular formula is C18H24N2O. The molecule has 0 N–H and O–H groups in total. The average Bonchev–Trinajstić information content (AvgIpc) is 3.06. The summed E-state index contributed by atoms with van der Waals surface area (Å²) in [5, 5.41) is 11.3. The van der Waals surface area contributed by atoms with Gasteiger partial charge in [0.1, 0.15) is 11.7 Å². The van der Waals surface area contributed by atoms with Gasteiger partial charge in [-0.2, -0.15) is 5.26 Å². The van der Waals surface area contributed by atoms with E-state index in [1.807, 2.05) is 62.7 Å². The van der Waals surface area contributed by atoms with Crippen LogP contribution >= 0.6 is 0 Å². The molecule has 0 aliphatic carbocycles. The van der Waals surface area contributed by atoms with E-state index in [0.29, 0.717) is 11.3 Å². The second kappa shape index (κ2) is 7.54. The minimum atomic E-state index is 0.256. The number of rotatable bonds is 1. The van der Waals surface area contributed by atoms with E-state index in [0.717, 1.165) is 16.4 Å². The lowest BCUT2D eigenvalue weighted by molar-refractivity contribution is 0.590. The van der Waals surface area contributed by atoms with Crippen LogP contribution in [0.2, 0.25) is 0 Å². The van der Waals surface area contributed by atoms with Crippen molar-refractivity contribution in [3.63, 3.8) is 0 Å². The van der Waals surface area contributed by atoms with Crippen LogP contribution in [0.5, 0.6) is 0 Å². The summed E-state index contributed by atoms with van der Waals surface area (Å²) >= 11 is 0. The Morgan fingerprint density at radius 1 is 1.05 bits per heavy atom. The van der Waals surface area contributed by atoms with E-state index in [1.165, 1.54) is 0 Å². The monoisotopic (exact) mass is 284 g/mol. The first-order valence-electron chi connectivity index (χ1n) is 7.64. The highest BCUT2D eigenvalue weighted by molar-refractivity contribution is 6.06. The van der Waals surface area contributed by atoms with Crippen LogP contribution in [0, 0.1) is 11.3 Å². The summed E-state index contributed by atoms with van der Waals surface area (Å²) in [4.78, 5) is 0. The maximum atomic E-state index is 9.25. The first-order valence-corrected chi connectivity index (χ1v) is 7.64. The smallest absolute Gasteiger partial charge is 0.171 e. The highest BCUT2D eigenvalue weighted by Crippen LogP contribution is 2.33. The van der Waals surface area contributed by atoms with Crippen molar-refractivity contribution in [3.8, 4) is 6.07 Å². The Morgan fingerprint density at radius 3 is 2.24 bits per heavy atom. The van der Waals surface area contributed by atoms with E-state index in [4.69, 9.17) is 4.42 Å². The summed E-state index contributed by atoms with van der Waals surface area (Å²) in [6.07, 6.45) is 2.00. The van der Waals surface area contributed by atoms with Gasteiger partial charge in [-0.25, -0.2) is 0 Å². The van der Waals surface area contributed by atoms with Gasteiger partial charge in [-0.3, -0.25) is 0 Å². The maximum Gasteiger partial charge on any atom is 0.171 e. The molecule has 0 fully saturated rings. The minimum absolute atomic E-state index is 0.256. The number of fused-ring (bicyclic) bond motifs is 3. The van der Waals surface area contributed by atoms with Crippen LogP contribution in [-0.4, -0.2) is 4.57 Å². The predicted molar refractivity (Wildman–Crippen MR) is 89.5 cm³/mol. The lowest BCUT2D eigenvalue weighted by atomic mass is 10.2. The van der Waals surface area contributed by atoms with E-state index in [2.05, 4.69) is 19.9 Å². The molecular weight excluding hydrogens is 260 g/mol. The lowest BCUT2D eigenvalue weighted by Crippen LogP contribution is -2.01. The van der Waals surface area contributed by atoms with Crippen LogP contribution in [0.15, 0.2) is 34.9 Å². The molecule has 3 nitrogen and oxygen atoms in total. The van der Waals surface area contributed by atoms with E-state index >= 15 is 0 Å². The van der Waals surface area contributed by atoms with Crippen molar-refractivity contribution in [1.82, 2.24) is 4.57 Å². The Kier molecular flexibility index (Phi) is 6.05. The molecule has 2 heterocycles. The van der Waals surface area contributed by atoms with E-state index in [-0.39, 0.29) is 6.04 Å². The molecule has 0 amide bonds. The zero-order chi connectivity index (χ0) is 16.0. The molecule has 0 bridgehead atoms. The number of hydrogen-bond donors (Lipinski definition) is 0. The predicted octanol–water partition coefficient (Wildman–Crippen LogP) is 5.89. The Labute approximate surface area is 126 Å². The number of furan rings is 1. The van der Waals surface area contributed by atoms with Crippen molar-refractivity contribution >= 4 is 21.9 Å². The van der Waals surface area contributed by atoms with Crippen LogP contribution in [0.4, 0.5) is 0 Å². The molecule has 0 aliphatic heterocycles. The summed E-state index contributed by atoms with van der Waals surface area (Å²) in [6.45, 7) is 12.1. The Bertz CT molecular complexity index is 742. The number of para-hydroxylation sites is 1. The third-order valence-electron chi connectivity index (χ3n) is 3.04. The average molecular weight is 284 g/mol. The SMILES string of the molecule is CC.CC.CC(C)n1cc2c(oc3ccccc32)c1C#N. The Balaban J connectivity index is 0.000000510. The molecule has 0 aliphatic rings. The first-order chi connectivity index (χ1) is 10.2. The molecule has 3 heteroatoms. The van der Waals surface area contributed by atoms with Gasteiger partial charge >= 0.3 is 0 Å². The molecule has 0 atom stereocenters. The van der Waals surface area contributed by atoms with Crippen LogP contribution in [0.25, 0.3) is 21.9 Å². The van der Waals surface area contributed by atoms with Crippen molar-refractivity contribution in [2.45, 2.75) is 47.6 Å². The topological polar surface area (TPSA) is 41.9 Å². The standard InChI is InChI=1S/C14H12N2O.2C2H6/c1-9(2)16-8-11-10-5-3-4-6-13(10)17-14(11)12(16)7-15;2*1-2/h3-6,8-9H,1-2H3;2*1-2H3. The molecule has 0 unspecified atom stereocenters. The molecule has 3 rings (SSSR count). The molecule has 0 saturated carbocycles. The van der Waals surface area contributed by atoms with Crippen molar-refractivity contribution in [2.75, 3.05) is 0 Å². The first kappa shape index (κ1) is 16.8. The molecule has 2 aromatic heterocycles. The number of benzene rings is 1. The van der Waals surface area contributed by atoms with E-state index < -0.39 is 0 Å². The molecule has 21 heavy (non-hydrogen) atoms. The van der Waals surface area contributed by atoms with Crippen molar-refractivity contribution < 1.29 is 4.42 Å². The maximum absolute atomic E-state index is 9.25. The molecule has 3 aromatic rings. The number of nitriles is 1. The fourth-order valence-corrected chi connectivity index (χ4v) is 2.21. The number of nitrogens with zero attached hydrogens (tertiary/aromatic N) is 2. The van der Waals surface area contributed by atoms with Gasteiger partial charge in [-0.1, -0.05) is 45.9 Å². The molecule has 0 spiro atoms. The minimum Gasteiger partial charge on any atom is -0.453 e. The molecule has 1 aromatic carbocycles. The van der Waals surface area contributed by atoms with Gasteiger partial charge in [-0.05, 0) is 19.9 Å². The third kappa shape index (κ3) is 2.95. The van der Waals surface area contributed by atoms with Crippen molar-refractivity contribution in [2.24, 2.45) is 0 Å². The van der Waals surface area contributed by atoms with Gasteiger partial charge in [0.05, 0.1) is 0 Å². The second-order valence-corrected chi connectivity index (χ2v) is 4.43. The van der Waals surface area contributed by atoms with Crippen LogP contribution < -0.4 is 0 Å². The highest BCUT2D eigenvalue weighted by atomic mass is 16.3. The van der Waals surface area contributed by atoms with Crippen molar-refractivity contribution in [1.29, 1.82) is 5.26 Å². The summed E-state index contributed by atoms with van der Waals surface area (Å²) in [5.74, 6) is 0. The van der Waals surface area contributed by atoms with Gasteiger partial charge in [0, 0.05) is 23.0 Å². The molecule has 0 radical (unpaired) electrons. The van der Waals surface area contributed by atoms with E-state index in [9.17, 15) is 5.26 Å². The summed E-state index contributed by atoms with van der Waals surface area (Å²) in [5.41, 5.74) is 2.14. The van der Waals surface area contributed by atoms with Crippen molar-refractivity contribution in [3.05, 3.63) is 36.2 Å². The molecule has 0 saturated heterocycles. The number of aromatic nitrogens is 1. The highest BCUT2D eigenvalue weighted by Gasteiger charge is 2.17. The third-order valence-corrected chi connectivity index (χ3v) is 3.04.